The summed E-state index contributed by atoms with van der Waals surface area (Å²) >= 11 is 5.89. The predicted molar refractivity (Wildman–Crippen MR) is 114 cm³/mol. The quantitative estimate of drug-likeness (QED) is 0.421. The summed E-state index contributed by atoms with van der Waals surface area (Å²) < 4.78 is 5.68. The molecule has 30 heavy (non-hydrogen) atoms. The summed E-state index contributed by atoms with van der Waals surface area (Å²) in [5, 5.41) is 21.5. The summed E-state index contributed by atoms with van der Waals surface area (Å²) in [5.41, 5.74) is 2.83. The number of halogens is 1. The van der Waals surface area contributed by atoms with Crippen LogP contribution in [0.25, 0.3) is 17.4 Å². The second-order valence-electron chi connectivity index (χ2n) is 6.64. The van der Waals surface area contributed by atoms with Crippen LogP contribution in [0.15, 0.2) is 58.5 Å². The minimum Gasteiger partial charge on any atom is -0.478 e. The van der Waals surface area contributed by atoms with E-state index in [1.807, 2.05) is 38.1 Å². The standard InChI is InChI=1S/C23H17ClN2O4/c1-13-3-4-14(2)20(9-13)26-22(27)16(12-25)10-17-6-8-21(30-17)15-5-7-19(24)18(11-15)23(28)29/h3-11H,1-2H3,(H,26,27)(H,28,29)/b16-10+. The minimum atomic E-state index is -1.15. The van der Waals surface area contributed by atoms with Gasteiger partial charge in [0.15, 0.2) is 0 Å². The Morgan fingerprint density at radius 1 is 1.13 bits per heavy atom. The van der Waals surface area contributed by atoms with Gasteiger partial charge in [-0.25, -0.2) is 4.79 Å². The van der Waals surface area contributed by atoms with Crippen LogP contribution in [-0.4, -0.2) is 17.0 Å². The third kappa shape index (κ3) is 4.59. The number of benzene rings is 2. The number of anilines is 1. The van der Waals surface area contributed by atoms with Crippen molar-refractivity contribution in [2.75, 3.05) is 5.32 Å². The molecule has 0 saturated carbocycles. The number of aryl methyl sites for hydroxylation is 2. The van der Waals surface area contributed by atoms with E-state index in [4.69, 9.17) is 16.0 Å². The lowest BCUT2D eigenvalue weighted by Crippen LogP contribution is -2.14. The Balaban J connectivity index is 1.86. The van der Waals surface area contributed by atoms with Gasteiger partial charge in [-0.2, -0.15) is 5.26 Å². The highest BCUT2D eigenvalue weighted by molar-refractivity contribution is 6.33. The number of hydrogen-bond donors (Lipinski definition) is 2. The van der Waals surface area contributed by atoms with Crippen molar-refractivity contribution in [2.24, 2.45) is 0 Å². The Bertz CT molecular complexity index is 1220. The zero-order chi connectivity index (χ0) is 21.8. The van der Waals surface area contributed by atoms with Crippen molar-refractivity contribution in [3.05, 3.63) is 81.6 Å². The number of nitrogens with zero attached hydrogens (tertiary/aromatic N) is 1. The van der Waals surface area contributed by atoms with Crippen molar-refractivity contribution in [2.45, 2.75) is 13.8 Å². The SMILES string of the molecule is Cc1ccc(C)c(NC(=O)/C(C#N)=C/c2ccc(-c3ccc(Cl)c(C(=O)O)c3)o2)c1. The van der Waals surface area contributed by atoms with Crippen LogP contribution in [0.1, 0.15) is 27.2 Å². The molecule has 6 nitrogen and oxygen atoms in total. The fourth-order valence-electron chi connectivity index (χ4n) is 2.78. The molecule has 1 aromatic heterocycles. The maximum absolute atomic E-state index is 12.5. The number of nitriles is 1. The molecule has 150 valence electrons. The van der Waals surface area contributed by atoms with Gasteiger partial charge in [-0.3, -0.25) is 4.79 Å². The first-order valence-corrected chi connectivity index (χ1v) is 9.29. The van der Waals surface area contributed by atoms with Gasteiger partial charge in [0.1, 0.15) is 23.2 Å². The van der Waals surface area contributed by atoms with Gasteiger partial charge in [0.25, 0.3) is 5.91 Å². The number of rotatable bonds is 5. The van der Waals surface area contributed by atoms with Crippen LogP contribution in [-0.2, 0) is 4.79 Å². The number of amides is 1. The number of furan rings is 1. The van der Waals surface area contributed by atoms with E-state index >= 15 is 0 Å². The lowest BCUT2D eigenvalue weighted by molar-refractivity contribution is -0.112. The van der Waals surface area contributed by atoms with E-state index in [1.54, 1.807) is 18.2 Å². The predicted octanol–water partition coefficient (Wildman–Crippen LogP) is 5.46. The normalized spacial score (nSPS) is 11.1. The molecule has 0 aliphatic heterocycles. The summed E-state index contributed by atoms with van der Waals surface area (Å²) in [6.07, 6.45) is 1.33. The zero-order valence-corrected chi connectivity index (χ0v) is 16.9. The molecule has 0 unspecified atom stereocenters. The molecule has 0 atom stereocenters. The molecule has 0 saturated heterocycles. The Hall–Kier alpha value is -3.82. The number of carbonyl (C=O) groups excluding carboxylic acids is 1. The molecule has 1 heterocycles. The lowest BCUT2D eigenvalue weighted by Gasteiger charge is -2.08. The third-order valence-electron chi connectivity index (χ3n) is 4.40. The van der Waals surface area contributed by atoms with Gasteiger partial charge < -0.3 is 14.8 Å². The number of aromatic carboxylic acids is 1. The van der Waals surface area contributed by atoms with Crippen LogP contribution in [0.4, 0.5) is 5.69 Å². The van der Waals surface area contributed by atoms with Crippen molar-refractivity contribution in [3.8, 4) is 17.4 Å². The first-order valence-electron chi connectivity index (χ1n) is 8.92. The third-order valence-corrected chi connectivity index (χ3v) is 4.73. The van der Waals surface area contributed by atoms with Gasteiger partial charge in [0, 0.05) is 17.3 Å². The summed E-state index contributed by atoms with van der Waals surface area (Å²) in [6.45, 7) is 3.77. The first-order chi connectivity index (χ1) is 14.3. The van der Waals surface area contributed by atoms with Crippen molar-refractivity contribution < 1.29 is 19.1 Å². The van der Waals surface area contributed by atoms with Crippen molar-refractivity contribution >= 4 is 35.2 Å². The van der Waals surface area contributed by atoms with Gasteiger partial charge in [0.05, 0.1) is 10.6 Å². The summed E-state index contributed by atoms with van der Waals surface area (Å²) in [5.74, 6) is -1.04. The Kier molecular flexibility index (Phi) is 6.05. The van der Waals surface area contributed by atoms with Crippen LogP contribution >= 0.6 is 11.6 Å². The molecule has 1 amide bonds. The molecule has 2 aromatic carbocycles. The second-order valence-corrected chi connectivity index (χ2v) is 7.05. The van der Waals surface area contributed by atoms with Crippen molar-refractivity contribution in [1.29, 1.82) is 5.26 Å². The van der Waals surface area contributed by atoms with E-state index in [0.717, 1.165) is 11.1 Å². The molecule has 3 rings (SSSR count). The number of nitrogens with one attached hydrogen (secondary N) is 1. The van der Waals surface area contributed by atoms with Crippen LogP contribution in [0, 0.1) is 25.2 Å². The molecule has 0 bridgehead atoms. The number of carboxylic acids is 1. The number of hydrogen-bond acceptors (Lipinski definition) is 4. The first kappa shape index (κ1) is 20.9. The molecule has 2 N–H and O–H groups in total. The van der Waals surface area contributed by atoms with Crippen molar-refractivity contribution in [3.63, 3.8) is 0 Å². The van der Waals surface area contributed by atoms with E-state index in [0.29, 0.717) is 17.0 Å². The maximum Gasteiger partial charge on any atom is 0.337 e. The molecular weight excluding hydrogens is 404 g/mol. The fourth-order valence-corrected chi connectivity index (χ4v) is 2.98. The highest BCUT2D eigenvalue weighted by atomic mass is 35.5. The Morgan fingerprint density at radius 3 is 2.60 bits per heavy atom. The molecule has 0 spiro atoms. The molecule has 0 radical (unpaired) electrons. The molecule has 0 fully saturated rings. The van der Waals surface area contributed by atoms with E-state index < -0.39 is 11.9 Å². The fraction of sp³-hybridized carbons (Fsp3) is 0.0870. The Morgan fingerprint density at radius 2 is 1.90 bits per heavy atom. The summed E-state index contributed by atoms with van der Waals surface area (Å²) in [6, 6.07) is 15.2. The molecule has 3 aromatic rings. The average Bonchev–Trinajstić information content (AvgIpc) is 3.17. The molecule has 7 heteroatoms. The largest absolute Gasteiger partial charge is 0.478 e. The van der Waals surface area contributed by atoms with Gasteiger partial charge >= 0.3 is 5.97 Å². The monoisotopic (exact) mass is 420 g/mol. The highest BCUT2D eigenvalue weighted by Crippen LogP contribution is 2.28. The molecular formula is C23H17ClN2O4. The van der Waals surface area contributed by atoms with Gasteiger partial charge in [-0.1, -0.05) is 23.7 Å². The van der Waals surface area contributed by atoms with Gasteiger partial charge in [0.2, 0.25) is 0 Å². The lowest BCUT2D eigenvalue weighted by atomic mass is 10.1. The zero-order valence-electron chi connectivity index (χ0n) is 16.2. The van der Waals surface area contributed by atoms with E-state index in [-0.39, 0.29) is 21.9 Å². The average molecular weight is 421 g/mol. The summed E-state index contributed by atoms with van der Waals surface area (Å²) in [4.78, 5) is 23.8. The molecule has 0 aliphatic carbocycles. The topological polar surface area (TPSA) is 103 Å². The van der Waals surface area contributed by atoms with Crippen molar-refractivity contribution in [1.82, 2.24) is 0 Å². The van der Waals surface area contributed by atoms with Gasteiger partial charge in [-0.15, -0.1) is 0 Å². The highest BCUT2D eigenvalue weighted by Gasteiger charge is 2.14. The van der Waals surface area contributed by atoms with Crippen LogP contribution in [0.3, 0.4) is 0 Å². The van der Waals surface area contributed by atoms with Gasteiger partial charge in [-0.05, 0) is 61.4 Å². The summed E-state index contributed by atoms with van der Waals surface area (Å²) in [7, 11) is 0. The van der Waals surface area contributed by atoms with Crippen LogP contribution in [0.5, 0.6) is 0 Å². The maximum atomic E-state index is 12.5. The van der Waals surface area contributed by atoms with E-state index in [2.05, 4.69) is 5.32 Å². The van der Waals surface area contributed by atoms with Crippen LogP contribution in [0.2, 0.25) is 5.02 Å². The number of carboxylic acid groups (broad SMARTS) is 1. The van der Waals surface area contributed by atoms with Crippen LogP contribution < -0.4 is 5.32 Å². The minimum absolute atomic E-state index is 0.0479. The molecule has 0 aliphatic rings. The second kappa shape index (κ2) is 8.68. The van der Waals surface area contributed by atoms with E-state index in [1.165, 1.54) is 18.2 Å². The smallest absolute Gasteiger partial charge is 0.337 e. The Labute approximate surface area is 178 Å². The number of carbonyl (C=O) groups is 2. The van der Waals surface area contributed by atoms with E-state index in [9.17, 15) is 20.0 Å².